The second kappa shape index (κ2) is 8.08. The smallest absolute Gasteiger partial charge is 0.310 e. The van der Waals surface area contributed by atoms with E-state index in [1.807, 2.05) is 0 Å². The number of carbonyl (C=O) groups excluding carboxylic acids is 2. The van der Waals surface area contributed by atoms with Crippen LogP contribution < -0.4 is 9.47 Å². The third-order valence-electron chi connectivity index (χ3n) is 5.80. The Morgan fingerprint density at radius 1 is 1.00 bits per heavy atom. The summed E-state index contributed by atoms with van der Waals surface area (Å²) in [6.45, 7) is 1.65. The van der Waals surface area contributed by atoms with E-state index in [1.54, 1.807) is 28.0 Å². The van der Waals surface area contributed by atoms with Crippen molar-refractivity contribution in [2.45, 2.75) is 25.7 Å². The predicted molar refractivity (Wildman–Crippen MR) is 101 cm³/mol. The molecule has 1 aromatic carbocycles. The van der Waals surface area contributed by atoms with Gasteiger partial charge >= 0.3 is 5.97 Å². The molecule has 0 spiro atoms. The molecule has 2 fully saturated rings. The topological polar surface area (TPSA) is 96.4 Å². The van der Waals surface area contributed by atoms with Crippen LogP contribution in [-0.2, 0) is 9.59 Å². The van der Waals surface area contributed by atoms with Gasteiger partial charge in [-0.15, -0.1) is 0 Å². The Labute approximate surface area is 164 Å². The Hall–Kier alpha value is -2.77. The summed E-state index contributed by atoms with van der Waals surface area (Å²) in [4.78, 5) is 40.1. The van der Waals surface area contributed by atoms with Crippen molar-refractivity contribution < 1.29 is 29.0 Å². The molecule has 3 rings (SSSR count). The highest BCUT2D eigenvalue weighted by Gasteiger charge is 2.46. The van der Waals surface area contributed by atoms with Crippen molar-refractivity contribution in [1.82, 2.24) is 9.80 Å². The first-order valence-electron chi connectivity index (χ1n) is 9.43. The standard InChI is InChI=1S/C20H26N2O6/c1-27-15-5-4-14(12-16(15)28-2)18(24)22-10-8-21(9-11-22)17(23)13-20(19(25)26)6-3-7-20/h4-5,12H,3,6-11,13H2,1-2H3,(H,25,26). The quantitative estimate of drug-likeness (QED) is 0.793. The molecule has 0 unspecified atom stereocenters. The molecule has 1 aliphatic heterocycles. The van der Waals surface area contributed by atoms with Crippen molar-refractivity contribution in [2.24, 2.45) is 5.41 Å². The van der Waals surface area contributed by atoms with Crippen LogP contribution in [0.1, 0.15) is 36.0 Å². The molecule has 28 heavy (non-hydrogen) atoms. The number of carboxylic acids is 1. The van der Waals surface area contributed by atoms with Gasteiger partial charge in [-0.3, -0.25) is 14.4 Å². The number of piperazine rings is 1. The third-order valence-corrected chi connectivity index (χ3v) is 5.80. The summed E-state index contributed by atoms with van der Waals surface area (Å²) in [5.74, 6) is -0.108. The SMILES string of the molecule is COc1ccc(C(=O)N2CCN(C(=O)CC3(C(=O)O)CCC3)CC2)cc1OC. The monoisotopic (exact) mass is 390 g/mol. The normalized spacial score (nSPS) is 18.2. The predicted octanol–water partition coefficient (Wildman–Crippen LogP) is 1.63. The first-order valence-corrected chi connectivity index (χ1v) is 9.43. The minimum absolute atomic E-state index is 0.0476. The maximum absolute atomic E-state index is 12.8. The van der Waals surface area contributed by atoms with Gasteiger partial charge in [0.15, 0.2) is 11.5 Å². The third kappa shape index (κ3) is 3.76. The van der Waals surface area contributed by atoms with Gasteiger partial charge in [0.1, 0.15) is 0 Å². The Morgan fingerprint density at radius 2 is 1.61 bits per heavy atom. The number of nitrogens with zero attached hydrogens (tertiary/aromatic N) is 2. The molecule has 2 aliphatic rings. The van der Waals surface area contributed by atoms with E-state index in [0.717, 1.165) is 6.42 Å². The Kier molecular flexibility index (Phi) is 5.76. The van der Waals surface area contributed by atoms with E-state index in [-0.39, 0.29) is 18.2 Å². The van der Waals surface area contributed by atoms with E-state index in [9.17, 15) is 19.5 Å². The van der Waals surface area contributed by atoms with Crippen LogP contribution in [0.25, 0.3) is 0 Å². The van der Waals surface area contributed by atoms with Crippen molar-refractivity contribution in [3.63, 3.8) is 0 Å². The summed E-state index contributed by atoms with van der Waals surface area (Å²) in [6, 6.07) is 5.02. The first-order chi connectivity index (χ1) is 13.4. The average Bonchev–Trinajstić information content (AvgIpc) is 2.69. The maximum Gasteiger partial charge on any atom is 0.310 e. The fourth-order valence-electron chi connectivity index (χ4n) is 3.78. The van der Waals surface area contributed by atoms with Crippen LogP contribution >= 0.6 is 0 Å². The van der Waals surface area contributed by atoms with Crippen LogP contribution in [0.2, 0.25) is 0 Å². The number of amides is 2. The molecule has 0 radical (unpaired) electrons. The Morgan fingerprint density at radius 3 is 2.11 bits per heavy atom. The number of methoxy groups -OCH3 is 2. The lowest BCUT2D eigenvalue weighted by Crippen LogP contribution is -2.52. The van der Waals surface area contributed by atoms with E-state index in [2.05, 4.69) is 0 Å². The number of hydrogen-bond donors (Lipinski definition) is 1. The molecule has 0 atom stereocenters. The van der Waals surface area contributed by atoms with Gasteiger partial charge in [0, 0.05) is 38.2 Å². The van der Waals surface area contributed by atoms with E-state index < -0.39 is 11.4 Å². The molecule has 1 aliphatic carbocycles. The number of rotatable bonds is 6. The summed E-state index contributed by atoms with van der Waals surface area (Å²) in [7, 11) is 3.05. The zero-order valence-corrected chi connectivity index (χ0v) is 16.3. The Balaban J connectivity index is 1.58. The molecule has 152 valence electrons. The van der Waals surface area contributed by atoms with Crippen molar-refractivity contribution in [3.05, 3.63) is 23.8 Å². The molecule has 1 N–H and O–H groups in total. The fourth-order valence-corrected chi connectivity index (χ4v) is 3.78. The summed E-state index contributed by atoms with van der Waals surface area (Å²) in [5, 5.41) is 9.41. The molecule has 2 amide bonds. The Bertz CT molecular complexity index is 766. The van der Waals surface area contributed by atoms with Gasteiger partial charge < -0.3 is 24.4 Å². The van der Waals surface area contributed by atoms with Crippen LogP contribution in [0.4, 0.5) is 0 Å². The lowest BCUT2D eigenvalue weighted by Gasteiger charge is -2.40. The highest BCUT2D eigenvalue weighted by atomic mass is 16.5. The number of carboxylic acid groups (broad SMARTS) is 1. The van der Waals surface area contributed by atoms with Crippen molar-refractivity contribution >= 4 is 17.8 Å². The molecule has 0 bridgehead atoms. The lowest BCUT2D eigenvalue weighted by molar-refractivity contribution is -0.159. The van der Waals surface area contributed by atoms with Gasteiger partial charge in [-0.1, -0.05) is 6.42 Å². The van der Waals surface area contributed by atoms with Crippen LogP contribution in [0, 0.1) is 5.41 Å². The summed E-state index contributed by atoms with van der Waals surface area (Å²) < 4.78 is 10.4. The van der Waals surface area contributed by atoms with Crippen molar-refractivity contribution in [3.8, 4) is 11.5 Å². The van der Waals surface area contributed by atoms with Gasteiger partial charge in [-0.2, -0.15) is 0 Å². The van der Waals surface area contributed by atoms with Crippen molar-refractivity contribution in [1.29, 1.82) is 0 Å². The number of carbonyl (C=O) groups is 3. The summed E-state index contributed by atoms with van der Waals surface area (Å²) >= 11 is 0. The zero-order valence-electron chi connectivity index (χ0n) is 16.3. The van der Waals surface area contributed by atoms with Crippen LogP contribution in [0.5, 0.6) is 11.5 Å². The molecule has 0 aromatic heterocycles. The minimum Gasteiger partial charge on any atom is -0.493 e. The van der Waals surface area contributed by atoms with Crippen LogP contribution in [-0.4, -0.2) is 73.1 Å². The van der Waals surface area contributed by atoms with Gasteiger partial charge in [-0.05, 0) is 31.0 Å². The number of hydrogen-bond acceptors (Lipinski definition) is 5. The fraction of sp³-hybridized carbons (Fsp3) is 0.550. The number of benzene rings is 1. The van der Waals surface area contributed by atoms with E-state index in [4.69, 9.17) is 9.47 Å². The van der Waals surface area contributed by atoms with Gasteiger partial charge in [-0.25, -0.2) is 0 Å². The minimum atomic E-state index is -0.885. The van der Waals surface area contributed by atoms with Crippen molar-refractivity contribution in [2.75, 3.05) is 40.4 Å². The molecule has 1 aromatic rings. The second-order valence-corrected chi connectivity index (χ2v) is 7.36. The zero-order chi connectivity index (χ0) is 20.3. The highest BCUT2D eigenvalue weighted by molar-refractivity contribution is 5.95. The molecule has 1 saturated carbocycles. The molecule has 8 nitrogen and oxygen atoms in total. The van der Waals surface area contributed by atoms with Crippen LogP contribution in [0.15, 0.2) is 18.2 Å². The maximum atomic E-state index is 12.8. The van der Waals surface area contributed by atoms with Crippen LogP contribution in [0.3, 0.4) is 0 Å². The van der Waals surface area contributed by atoms with Gasteiger partial charge in [0.05, 0.1) is 19.6 Å². The average molecular weight is 390 g/mol. The molecule has 8 heteroatoms. The van der Waals surface area contributed by atoms with E-state index in [0.29, 0.717) is 56.1 Å². The number of aliphatic carboxylic acids is 1. The summed E-state index contributed by atoms with van der Waals surface area (Å²) in [6.07, 6.45) is 2.02. The number of ether oxygens (including phenoxy) is 2. The molecule has 1 saturated heterocycles. The van der Waals surface area contributed by atoms with Gasteiger partial charge in [0.25, 0.3) is 5.91 Å². The molecule has 1 heterocycles. The molecular formula is C20H26N2O6. The van der Waals surface area contributed by atoms with E-state index in [1.165, 1.54) is 14.2 Å². The lowest BCUT2D eigenvalue weighted by atomic mass is 9.66. The summed E-state index contributed by atoms with van der Waals surface area (Å²) in [5.41, 5.74) is -0.388. The highest BCUT2D eigenvalue weighted by Crippen LogP contribution is 2.44. The second-order valence-electron chi connectivity index (χ2n) is 7.36. The largest absolute Gasteiger partial charge is 0.493 e. The van der Waals surface area contributed by atoms with Gasteiger partial charge in [0.2, 0.25) is 5.91 Å². The first kappa shape index (κ1) is 20.0. The molecular weight excluding hydrogens is 364 g/mol. The van der Waals surface area contributed by atoms with E-state index >= 15 is 0 Å².